The van der Waals surface area contributed by atoms with Crippen LogP contribution in [0.4, 0.5) is 0 Å². The number of fused-ring (bicyclic) bond motifs is 1. The molecule has 4 heteroatoms. The van der Waals surface area contributed by atoms with Crippen LogP contribution in [0.25, 0.3) is 10.8 Å². The van der Waals surface area contributed by atoms with E-state index in [-0.39, 0.29) is 6.04 Å². The summed E-state index contributed by atoms with van der Waals surface area (Å²) in [6.45, 7) is 2.01. The van der Waals surface area contributed by atoms with Crippen molar-refractivity contribution in [3.8, 4) is 5.75 Å². The molecule has 2 aromatic rings. The van der Waals surface area contributed by atoms with E-state index in [0.29, 0.717) is 13.2 Å². The Morgan fingerprint density at radius 3 is 2.90 bits per heavy atom. The summed E-state index contributed by atoms with van der Waals surface area (Å²) >= 11 is 0. The van der Waals surface area contributed by atoms with Crippen LogP contribution in [0, 0.1) is 0 Å². The van der Waals surface area contributed by atoms with Gasteiger partial charge in [0.05, 0.1) is 0 Å². The van der Waals surface area contributed by atoms with Gasteiger partial charge in [0.25, 0.3) is 0 Å². The number of likely N-dealkylation sites (tertiary alicyclic amines) is 1. The molecule has 0 amide bonds. The molecule has 0 bridgehead atoms. The largest absolute Gasteiger partial charge is 0.492 e. The Hall–Kier alpha value is -2.07. The van der Waals surface area contributed by atoms with Gasteiger partial charge in [-0.3, -0.25) is 9.69 Å². The molecule has 3 rings (SSSR count). The first-order valence-corrected chi connectivity index (χ1v) is 7.33. The number of ether oxygens (including phenoxy) is 1. The maximum absolute atomic E-state index is 11.1. The lowest BCUT2D eigenvalue weighted by atomic mass is 10.1. The molecule has 1 saturated heterocycles. The Balaban J connectivity index is 1.63. The average Bonchev–Trinajstić information content (AvgIpc) is 2.96. The fraction of sp³-hybridized carbons (Fsp3) is 0.353. The van der Waals surface area contributed by atoms with Gasteiger partial charge >= 0.3 is 5.97 Å². The van der Waals surface area contributed by atoms with Crippen LogP contribution in [0.2, 0.25) is 0 Å². The Kier molecular flexibility index (Phi) is 4.06. The molecule has 1 N–H and O–H groups in total. The number of nitrogens with zero attached hydrogens (tertiary/aromatic N) is 1. The fourth-order valence-electron chi connectivity index (χ4n) is 2.97. The summed E-state index contributed by atoms with van der Waals surface area (Å²) in [5, 5.41) is 11.4. The van der Waals surface area contributed by atoms with Gasteiger partial charge in [-0.05, 0) is 30.8 Å². The SMILES string of the molecule is O=C(O)[C@@H]1CCCN1CCOc1cccc2ccccc12. The second kappa shape index (κ2) is 6.14. The number of carboxylic acid groups (broad SMARTS) is 1. The van der Waals surface area contributed by atoms with Gasteiger partial charge in [0.1, 0.15) is 18.4 Å². The van der Waals surface area contributed by atoms with Crippen molar-refractivity contribution in [2.45, 2.75) is 18.9 Å². The third-order valence-corrected chi connectivity index (χ3v) is 4.03. The van der Waals surface area contributed by atoms with Crippen molar-refractivity contribution in [2.24, 2.45) is 0 Å². The van der Waals surface area contributed by atoms with E-state index in [0.717, 1.165) is 35.9 Å². The van der Waals surface area contributed by atoms with Crippen molar-refractivity contribution in [3.63, 3.8) is 0 Å². The van der Waals surface area contributed by atoms with Crippen LogP contribution in [0.3, 0.4) is 0 Å². The highest BCUT2D eigenvalue weighted by Gasteiger charge is 2.29. The van der Waals surface area contributed by atoms with Crippen LogP contribution in [0.15, 0.2) is 42.5 Å². The van der Waals surface area contributed by atoms with E-state index in [9.17, 15) is 4.79 Å². The van der Waals surface area contributed by atoms with E-state index in [2.05, 4.69) is 12.1 Å². The number of benzene rings is 2. The molecular formula is C17H19NO3. The molecule has 0 saturated carbocycles. The standard InChI is InChI=1S/C17H19NO3/c19-17(20)15-8-4-10-18(15)11-12-21-16-9-3-6-13-5-1-2-7-14(13)16/h1-3,5-7,9,15H,4,8,10-12H2,(H,19,20)/t15-/m0/s1. The van der Waals surface area contributed by atoms with Crippen LogP contribution in [-0.2, 0) is 4.79 Å². The van der Waals surface area contributed by atoms with Gasteiger partial charge in [0.2, 0.25) is 0 Å². The molecule has 0 aromatic heterocycles. The molecule has 1 fully saturated rings. The van der Waals surface area contributed by atoms with Gasteiger partial charge in [-0.15, -0.1) is 0 Å². The highest BCUT2D eigenvalue weighted by atomic mass is 16.5. The summed E-state index contributed by atoms with van der Waals surface area (Å²) in [6.07, 6.45) is 1.69. The molecule has 4 nitrogen and oxygen atoms in total. The van der Waals surface area contributed by atoms with E-state index in [1.165, 1.54) is 0 Å². The van der Waals surface area contributed by atoms with Crippen LogP contribution in [0.5, 0.6) is 5.75 Å². The van der Waals surface area contributed by atoms with Crippen molar-refractivity contribution in [1.82, 2.24) is 4.90 Å². The number of rotatable bonds is 5. The van der Waals surface area contributed by atoms with Gasteiger partial charge in [0, 0.05) is 11.9 Å². The van der Waals surface area contributed by atoms with E-state index < -0.39 is 5.97 Å². The summed E-state index contributed by atoms with van der Waals surface area (Å²) in [7, 11) is 0. The van der Waals surface area contributed by atoms with Crippen molar-refractivity contribution in [3.05, 3.63) is 42.5 Å². The molecule has 0 radical (unpaired) electrons. The van der Waals surface area contributed by atoms with Crippen molar-refractivity contribution in [1.29, 1.82) is 0 Å². The summed E-state index contributed by atoms with van der Waals surface area (Å²) in [5.74, 6) is 0.136. The highest BCUT2D eigenvalue weighted by Crippen LogP contribution is 2.25. The normalized spacial score (nSPS) is 19.0. The predicted octanol–water partition coefficient (Wildman–Crippen LogP) is 2.77. The molecule has 0 aliphatic carbocycles. The lowest BCUT2D eigenvalue weighted by molar-refractivity contribution is -0.142. The first-order valence-electron chi connectivity index (χ1n) is 7.33. The third-order valence-electron chi connectivity index (χ3n) is 4.03. The van der Waals surface area contributed by atoms with Crippen LogP contribution >= 0.6 is 0 Å². The molecule has 110 valence electrons. The summed E-state index contributed by atoms with van der Waals surface area (Å²) in [5.41, 5.74) is 0. The Morgan fingerprint density at radius 1 is 1.24 bits per heavy atom. The molecule has 1 heterocycles. The average molecular weight is 285 g/mol. The maximum Gasteiger partial charge on any atom is 0.320 e. The molecule has 0 spiro atoms. The van der Waals surface area contributed by atoms with Crippen LogP contribution in [-0.4, -0.2) is 41.7 Å². The third kappa shape index (κ3) is 3.00. The highest BCUT2D eigenvalue weighted by molar-refractivity contribution is 5.88. The molecular weight excluding hydrogens is 266 g/mol. The van der Waals surface area contributed by atoms with Crippen molar-refractivity contribution >= 4 is 16.7 Å². The topological polar surface area (TPSA) is 49.8 Å². The minimum atomic E-state index is -0.724. The number of hydrogen-bond donors (Lipinski definition) is 1. The molecule has 1 aliphatic rings. The van der Waals surface area contributed by atoms with Crippen molar-refractivity contribution < 1.29 is 14.6 Å². The molecule has 2 aromatic carbocycles. The van der Waals surface area contributed by atoms with Gasteiger partial charge < -0.3 is 9.84 Å². The molecule has 21 heavy (non-hydrogen) atoms. The quantitative estimate of drug-likeness (QED) is 0.917. The minimum Gasteiger partial charge on any atom is -0.492 e. The Bertz CT molecular complexity index is 635. The van der Waals surface area contributed by atoms with E-state index in [1.54, 1.807) is 0 Å². The lowest BCUT2D eigenvalue weighted by Crippen LogP contribution is -2.38. The second-order valence-corrected chi connectivity index (χ2v) is 5.36. The number of hydrogen-bond acceptors (Lipinski definition) is 3. The molecule has 1 aliphatic heterocycles. The summed E-state index contributed by atoms with van der Waals surface area (Å²) in [4.78, 5) is 13.1. The molecule has 1 atom stereocenters. The van der Waals surface area contributed by atoms with E-state index >= 15 is 0 Å². The fourth-order valence-corrected chi connectivity index (χ4v) is 2.97. The minimum absolute atomic E-state index is 0.346. The monoisotopic (exact) mass is 285 g/mol. The first kappa shape index (κ1) is 13.9. The summed E-state index contributed by atoms with van der Waals surface area (Å²) < 4.78 is 5.87. The number of carboxylic acids is 1. The number of aliphatic carboxylic acids is 1. The zero-order chi connectivity index (χ0) is 14.7. The number of carbonyl (C=O) groups is 1. The first-order chi connectivity index (χ1) is 10.3. The van der Waals surface area contributed by atoms with Gasteiger partial charge in [-0.2, -0.15) is 0 Å². The second-order valence-electron chi connectivity index (χ2n) is 5.36. The van der Waals surface area contributed by atoms with Crippen molar-refractivity contribution in [2.75, 3.05) is 19.7 Å². The Morgan fingerprint density at radius 2 is 2.05 bits per heavy atom. The van der Waals surface area contributed by atoms with Gasteiger partial charge in [0.15, 0.2) is 0 Å². The van der Waals surface area contributed by atoms with Gasteiger partial charge in [-0.1, -0.05) is 36.4 Å². The van der Waals surface area contributed by atoms with Crippen LogP contribution in [0.1, 0.15) is 12.8 Å². The zero-order valence-corrected chi connectivity index (χ0v) is 11.9. The Labute approximate surface area is 123 Å². The molecule has 0 unspecified atom stereocenters. The van der Waals surface area contributed by atoms with E-state index in [1.807, 2.05) is 35.2 Å². The van der Waals surface area contributed by atoms with E-state index in [4.69, 9.17) is 9.84 Å². The van der Waals surface area contributed by atoms with Crippen LogP contribution < -0.4 is 4.74 Å². The maximum atomic E-state index is 11.1. The lowest BCUT2D eigenvalue weighted by Gasteiger charge is -2.21. The summed E-state index contributed by atoms with van der Waals surface area (Å²) in [6, 6.07) is 13.8. The predicted molar refractivity (Wildman–Crippen MR) is 81.7 cm³/mol. The van der Waals surface area contributed by atoms with Gasteiger partial charge in [-0.25, -0.2) is 0 Å². The zero-order valence-electron chi connectivity index (χ0n) is 11.9. The smallest absolute Gasteiger partial charge is 0.320 e.